The van der Waals surface area contributed by atoms with Gasteiger partial charge in [-0.05, 0) is 26.0 Å². The summed E-state index contributed by atoms with van der Waals surface area (Å²) in [6.07, 6.45) is 0.440. The minimum atomic E-state index is -0.923. The van der Waals surface area contributed by atoms with Crippen molar-refractivity contribution in [3.63, 3.8) is 0 Å². The zero-order chi connectivity index (χ0) is 18.6. The van der Waals surface area contributed by atoms with Crippen molar-refractivity contribution in [1.82, 2.24) is 20.1 Å². The Balaban J connectivity index is 2.04. The van der Waals surface area contributed by atoms with Gasteiger partial charge in [-0.15, -0.1) is 0 Å². The van der Waals surface area contributed by atoms with Gasteiger partial charge < -0.3 is 10.4 Å². The third-order valence-electron chi connectivity index (χ3n) is 3.57. The second-order valence-electron chi connectivity index (χ2n) is 7.00. The van der Waals surface area contributed by atoms with Crippen molar-refractivity contribution in [3.8, 4) is 0 Å². The average Bonchev–Trinajstić information content (AvgIpc) is 2.89. The lowest BCUT2D eigenvalue weighted by Gasteiger charge is -2.18. The molecule has 2 rings (SSSR count). The van der Waals surface area contributed by atoms with Crippen LogP contribution in [0.25, 0.3) is 0 Å². The van der Waals surface area contributed by atoms with Gasteiger partial charge in [-0.25, -0.2) is 14.1 Å². The normalized spacial score (nSPS) is 11.8. The van der Waals surface area contributed by atoms with Crippen LogP contribution < -0.4 is 5.32 Å². The predicted molar refractivity (Wildman–Crippen MR) is 92.8 cm³/mol. The lowest BCUT2D eigenvalue weighted by atomic mass is 10.1. The monoisotopic (exact) mass is 348 g/mol. The number of carbonyl (C=O) groups excluding carboxylic acids is 1. The van der Waals surface area contributed by atoms with Crippen molar-refractivity contribution in [3.05, 3.63) is 47.3 Å². The van der Waals surface area contributed by atoms with Gasteiger partial charge in [0.05, 0.1) is 17.7 Å². The first kappa shape index (κ1) is 19.1. The number of halogens is 1. The van der Waals surface area contributed by atoms with Crippen molar-refractivity contribution in [1.29, 1.82) is 0 Å². The SMILES string of the molecule is CC(C)c1nc(CCNC(=O)c2ccccc2F)n(CC(C)(C)O)n1. The quantitative estimate of drug-likeness (QED) is 0.804. The molecule has 0 saturated heterocycles. The molecule has 1 aromatic carbocycles. The van der Waals surface area contributed by atoms with Gasteiger partial charge in [-0.1, -0.05) is 26.0 Å². The molecule has 0 bridgehead atoms. The van der Waals surface area contributed by atoms with Gasteiger partial charge >= 0.3 is 0 Å². The van der Waals surface area contributed by atoms with Crippen molar-refractivity contribution in [2.45, 2.75) is 52.2 Å². The second-order valence-corrected chi connectivity index (χ2v) is 7.00. The molecule has 1 aromatic heterocycles. The Kier molecular flexibility index (Phi) is 5.89. The molecule has 1 heterocycles. The summed E-state index contributed by atoms with van der Waals surface area (Å²) in [6.45, 7) is 8.00. The smallest absolute Gasteiger partial charge is 0.254 e. The summed E-state index contributed by atoms with van der Waals surface area (Å²) in [5.41, 5.74) is -0.907. The average molecular weight is 348 g/mol. The summed E-state index contributed by atoms with van der Waals surface area (Å²) in [5, 5.41) is 17.2. The highest BCUT2D eigenvalue weighted by atomic mass is 19.1. The zero-order valence-corrected chi connectivity index (χ0v) is 15.1. The van der Waals surface area contributed by atoms with Crippen LogP contribution in [0.1, 0.15) is 55.6 Å². The predicted octanol–water partition coefficient (Wildman–Crippen LogP) is 2.28. The summed E-state index contributed by atoms with van der Waals surface area (Å²) < 4.78 is 15.3. The molecular formula is C18H25FN4O2. The molecule has 7 heteroatoms. The van der Waals surface area contributed by atoms with Crippen LogP contribution in [0, 0.1) is 5.82 Å². The minimum Gasteiger partial charge on any atom is -0.389 e. The largest absolute Gasteiger partial charge is 0.389 e. The molecule has 2 N–H and O–H groups in total. The Bertz CT molecular complexity index is 735. The summed E-state index contributed by atoms with van der Waals surface area (Å²) in [6, 6.07) is 5.85. The molecular weight excluding hydrogens is 323 g/mol. The number of aromatic nitrogens is 3. The first-order valence-electron chi connectivity index (χ1n) is 8.36. The highest BCUT2D eigenvalue weighted by molar-refractivity contribution is 5.94. The van der Waals surface area contributed by atoms with Crippen LogP contribution in [-0.2, 0) is 13.0 Å². The fourth-order valence-electron chi connectivity index (χ4n) is 2.34. The van der Waals surface area contributed by atoms with E-state index in [0.717, 1.165) is 0 Å². The zero-order valence-electron chi connectivity index (χ0n) is 15.1. The van der Waals surface area contributed by atoms with Crippen molar-refractivity contribution in [2.75, 3.05) is 6.54 Å². The molecule has 136 valence electrons. The van der Waals surface area contributed by atoms with Crippen molar-refractivity contribution >= 4 is 5.91 Å². The number of amides is 1. The Hall–Kier alpha value is -2.28. The van der Waals surface area contributed by atoms with E-state index in [-0.39, 0.29) is 11.5 Å². The van der Waals surface area contributed by atoms with E-state index in [1.807, 2.05) is 13.8 Å². The van der Waals surface area contributed by atoms with Gasteiger partial charge in [0.15, 0.2) is 5.82 Å². The van der Waals surface area contributed by atoms with E-state index in [1.165, 1.54) is 12.1 Å². The molecule has 0 spiro atoms. The summed E-state index contributed by atoms with van der Waals surface area (Å²) >= 11 is 0. The van der Waals surface area contributed by atoms with Crippen LogP contribution >= 0.6 is 0 Å². The number of aliphatic hydroxyl groups is 1. The highest BCUT2D eigenvalue weighted by Gasteiger charge is 2.20. The van der Waals surface area contributed by atoms with Crippen molar-refractivity contribution < 1.29 is 14.3 Å². The fourth-order valence-corrected chi connectivity index (χ4v) is 2.34. The third kappa shape index (κ3) is 5.35. The fraction of sp³-hybridized carbons (Fsp3) is 0.500. The molecule has 25 heavy (non-hydrogen) atoms. The van der Waals surface area contributed by atoms with Gasteiger partial charge in [0.2, 0.25) is 0 Å². The second kappa shape index (κ2) is 7.74. The van der Waals surface area contributed by atoms with Crippen LogP contribution in [0.2, 0.25) is 0 Å². The van der Waals surface area contributed by atoms with E-state index in [1.54, 1.807) is 30.7 Å². The van der Waals surface area contributed by atoms with E-state index in [9.17, 15) is 14.3 Å². The minimum absolute atomic E-state index is 0.0170. The molecule has 6 nitrogen and oxygen atoms in total. The molecule has 0 aliphatic carbocycles. The maximum atomic E-state index is 13.6. The number of rotatable bonds is 7. The van der Waals surface area contributed by atoms with E-state index in [0.29, 0.717) is 31.2 Å². The Morgan fingerprint density at radius 3 is 2.64 bits per heavy atom. The number of carbonyl (C=O) groups is 1. The maximum Gasteiger partial charge on any atom is 0.254 e. The molecule has 0 radical (unpaired) electrons. The molecule has 2 aromatic rings. The van der Waals surface area contributed by atoms with Crippen LogP contribution in [0.15, 0.2) is 24.3 Å². The third-order valence-corrected chi connectivity index (χ3v) is 3.57. The molecule has 0 atom stereocenters. The topological polar surface area (TPSA) is 80.0 Å². The van der Waals surface area contributed by atoms with Gasteiger partial charge in [0.1, 0.15) is 11.6 Å². The Labute approximate surface area is 147 Å². The van der Waals surface area contributed by atoms with Crippen LogP contribution in [0.4, 0.5) is 4.39 Å². The summed E-state index contributed by atoms with van der Waals surface area (Å²) in [7, 11) is 0. The molecule has 1 amide bonds. The number of hydrogen-bond acceptors (Lipinski definition) is 4. The van der Waals surface area contributed by atoms with Gasteiger partial charge in [-0.3, -0.25) is 4.79 Å². The first-order valence-corrected chi connectivity index (χ1v) is 8.36. The lowest BCUT2D eigenvalue weighted by Crippen LogP contribution is -2.30. The molecule has 0 aliphatic rings. The van der Waals surface area contributed by atoms with Gasteiger partial charge in [0.25, 0.3) is 5.91 Å². The molecule has 0 saturated carbocycles. The first-order chi connectivity index (χ1) is 11.7. The Morgan fingerprint density at radius 1 is 1.36 bits per heavy atom. The standard InChI is InChI=1S/C18H25FN4O2/c1-12(2)16-21-15(23(22-16)11-18(3,4)25)9-10-20-17(24)13-7-5-6-8-14(13)19/h5-8,12,25H,9-11H2,1-4H3,(H,20,24). The molecule has 0 unspecified atom stereocenters. The maximum absolute atomic E-state index is 13.6. The highest BCUT2D eigenvalue weighted by Crippen LogP contribution is 2.14. The van der Waals surface area contributed by atoms with Gasteiger partial charge in [0, 0.05) is 18.9 Å². The van der Waals surface area contributed by atoms with Crippen LogP contribution in [-0.4, -0.2) is 37.9 Å². The molecule has 0 fully saturated rings. The van der Waals surface area contributed by atoms with Crippen molar-refractivity contribution in [2.24, 2.45) is 0 Å². The molecule has 0 aliphatic heterocycles. The van der Waals surface area contributed by atoms with E-state index < -0.39 is 17.3 Å². The summed E-state index contributed by atoms with van der Waals surface area (Å²) in [5.74, 6) is 0.525. The van der Waals surface area contributed by atoms with Crippen LogP contribution in [0.5, 0.6) is 0 Å². The number of benzene rings is 1. The van der Waals surface area contributed by atoms with Gasteiger partial charge in [-0.2, -0.15) is 5.10 Å². The number of hydrogen-bond donors (Lipinski definition) is 2. The van der Waals surface area contributed by atoms with E-state index in [2.05, 4.69) is 15.4 Å². The summed E-state index contributed by atoms with van der Waals surface area (Å²) in [4.78, 5) is 16.5. The van der Waals surface area contributed by atoms with Crippen LogP contribution in [0.3, 0.4) is 0 Å². The number of nitrogens with one attached hydrogen (secondary N) is 1. The Morgan fingerprint density at radius 2 is 2.04 bits per heavy atom. The lowest BCUT2D eigenvalue weighted by molar-refractivity contribution is 0.0564. The van der Waals surface area contributed by atoms with E-state index >= 15 is 0 Å². The van der Waals surface area contributed by atoms with E-state index in [4.69, 9.17) is 0 Å². The number of nitrogens with zero attached hydrogens (tertiary/aromatic N) is 3.